The van der Waals surface area contributed by atoms with Gasteiger partial charge < -0.3 is 10.5 Å². The zero-order valence-electron chi connectivity index (χ0n) is 12.6. The second-order valence-electron chi connectivity index (χ2n) is 4.29. The molecule has 0 aromatic carbocycles. The average Bonchev–Trinajstić information content (AvgIpc) is 2.54. The van der Waals surface area contributed by atoms with Crippen molar-refractivity contribution in [2.75, 3.05) is 13.1 Å². The summed E-state index contributed by atoms with van der Waals surface area (Å²) in [5.74, 6) is 0. The van der Waals surface area contributed by atoms with Gasteiger partial charge >= 0.3 is 25.2 Å². The molecular formula is C14H22ClCuN4S+. The monoisotopic (exact) mass is 376 g/mol. The van der Waals surface area contributed by atoms with Crippen molar-refractivity contribution in [1.29, 1.82) is 0 Å². The van der Waals surface area contributed by atoms with Crippen molar-refractivity contribution in [3.63, 3.8) is 0 Å². The predicted molar refractivity (Wildman–Crippen MR) is 91.6 cm³/mol. The summed E-state index contributed by atoms with van der Waals surface area (Å²) in [6.45, 7) is 8.10. The van der Waals surface area contributed by atoms with E-state index in [1.165, 1.54) is 0 Å². The van der Waals surface area contributed by atoms with E-state index in [-0.39, 0.29) is 0 Å². The molecule has 121 valence electrons. The number of halogens is 1. The van der Waals surface area contributed by atoms with E-state index in [1.54, 1.807) is 6.20 Å². The maximum absolute atomic E-state index is 4.43. The van der Waals surface area contributed by atoms with Crippen LogP contribution in [-0.4, -0.2) is 33.8 Å². The zero-order chi connectivity index (χ0) is 16.1. The summed E-state index contributed by atoms with van der Waals surface area (Å²) in [4.78, 5) is 6.37. The van der Waals surface area contributed by atoms with Crippen LogP contribution in [0.4, 0.5) is 0 Å². The van der Waals surface area contributed by atoms with Crippen LogP contribution < -0.4 is 0 Å². The van der Waals surface area contributed by atoms with Crippen molar-refractivity contribution in [3.8, 4) is 0 Å². The third-order valence-corrected chi connectivity index (χ3v) is 2.97. The van der Waals surface area contributed by atoms with Crippen LogP contribution in [0.5, 0.6) is 0 Å². The molecule has 0 atom stereocenters. The fourth-order valence-corrected chi connectivity index (χ4v) is 1.91. The minimum absolute atomic E-state index is 0.666. The number of hydrogen-bond donors (Lipinski definition) is 0. The maximum atomic E-state index is 4.43. The minimum atomic E-state index is 0.666. The molecule has 4 nitrogen and oxygen atoms in total. The van der Waals surface area contributed by atoms with Crippen molar-refractivity contribution in [2.45, 2.75) is 33.6 Å². The van der Waals surface area contributed by atoms with Gasteiger partial charge in [-0.15, -0.1) is 0 Å². The molecule has 0 aliphatic carbocycles. The Hall–Kier alpha value is -0.521. The average molecular weight is 377 g/mol. The summed E-state index contributed by atoms with van der Waals surface area (Å²) in [6.07, 6.45) is 3.89. The van der Waals surface area contributed by atoms with E-state index in [0.29, 0.717) is 5.11 Å². The summed E-state index contributed by atoms with van der Waals surface area (Å²) >= 11 is 8.09. The molecule has 0 amide bonds. The Morgan fingerprint density at radius 1 is 1.33 bits per heavy atom. The van der Waals surface area contributed by atoms with E-state index in [0.717, 1.165) is 37.3 Å². The Morgan fingerprint density at radius 2 is 1.95 bits per heavy atom. The van der Waals surface area contributed by atoms with Crippen molar-refractivity contribution < 1.29 is 15.1 Å². The summed E-state index contributed by atoms with van der Waals surface area (Å²) < 4.78 is 0. The molecule has 21 heavy (non-hydrogen) atoms. The van der Waals surface area contributed by atoms with Gasteiger partial charge in [0, 0.05) is 25.0 Å². The number of hydrogen-bond acceptors (Lipinski definition) is 2. The van der Waals surface area contributed by atoms with Crippen LogP contribution in [0.2, 0.25) is 0 Å². The summed E-state index contributed by atoms with van der Waals surface area (Å²) in [5.41, 5.74) is 5.82. The molecule has 1 aromatic heterocycles. The van der Waals surface area contributed by atoms with E-state index < -0.39 is 0 Å². The number of nitrogens with zero attached hydrogens (tertiary/aromatic N) is 4. The summed E-state index contributed by atoms with van der Waals surface area (Å²) in [6, 6.07) is 5.74. The first-order chi connectivity index (χ1) is 10.2. The van der Waals surface area contributed by atoms with Gasteiger partial charge in [0.2, 0.25) is 0 Å². The molecule has 0 radical (unpaired) electrons. The van der Waals surface area contributed by atoms with Crippen LogP contribution in [0.15, 0.2) is 29.5 Å². The number of aromatic nitrogens is 1. The quantitative estimate of drug-likeness (QED) is 0.191. The Balaban J connectivity index is 0.00000191. The standard InChI is InChI=1S/C14H22N4S.ClH.Cu/c1-4-10-18(11-5-2)14(19)17-16-12(3)13-8-6-7-9-15-13;;/h6-9H,4-5,10-11H2,1-3H3,(H,15,17,19);1H;/q;;+2/p-1. The van der Waals surface area contributed by atoms with Gasteiger partial charge in [-0.25, -0.2) is 4.90 Å². The van der Waals surface area contributed by atoms with Crippen molar-refractivity contribution >= 4 is 33.1 Å². The summed E-state index contributed by atoms with van der Waals surface area (Å²) in [7, 11) is 4.20. The Morgan fingerprint density at radius 3 is 2.43 bits per heavy atom. The Bertz CT molecular complexity index is 422. The molecule has 7 heteroatoms. The first-order valence-corrected chi connectivity index (χ1v) is 8.52. The molecule has 1 heterocycles. The first kappa shape index (κ1) is 20.5. The number of thiol groups is 1. The summed E-state index contributed by atoms with van der Waals surface area (Å²) in [5, 5.41) is 4.87. The van der Waals surface area contributed by atoms with Gasteiger partial charge in [0.15, 0.2) is 17.3 Å². The SMILES string of the molecule is CCCN(CCC)C(=[SH+])[N-]N=C(C)c1ccccn1.[Cl][Cu+]. The fourth-order valence-electron chi connectivity index (χ4n) is 1.66. The van der Waals surface area contributed by atoms with Crippen LogP contribution in [0, 0.1) is 0 Å². The molecule has 0 aliphatic heterocycles. The van der Waals surface area contributed by atoms with Gasteiger partial charge in [0.05, 0.1) is 5.69 Å². The molecule has 0 aliphatic rings. The molecular weight excluding hydrogens is 355 g/mol. The number of rotatable bonds is 6. The van der Waals surface area contributed by atoms with E-state index in [2.05, 4.69) is 71.7 Å². The van der Waals surface area contributed by atoms with Crippen LogP contribution in [0.25, 0.3) is 5.43 Å². The van der Waals surface area contributed by atoms with Crippen LogP contribution in [-0.2, 0) is 27.3 Å². The molecule has 0 unspecified atom stereocenters. The van der Waals surface area contributed by atoms with Gasteiger partial charge in [-0.3, -0.25) is 4.98 Å². The van der Waals surface area contributed by atoms with Crippen LogP contribution in [0.1, 0.15) is 39.3 Å². The van der Waals surface area contributed by atoms with Crippen LogP contribution >= 0.6 is 10.1 Å². The second kappa shape index (κ2) is 13.2. The molecule has 0 N–H and O–H groups in total. The Kier molecular flexibility index (Phi) is 12.8. The molecule has 1 aromatic rings. The molecule has 0 saturated carbocycles. The van der Waals surface area contributed by atoms with E-state index >= 15 is 0 Å². The van der Waals surface area contributed by atoms with Gasteiger partial charge in [-0.2, -0.15) is 0 Å². The van der Waals surface area contributed by atoms with Gasteiger partial charge in [0.1, 0.15) is 0 Å². The fraction of sp³-hybridized carbons (Fsp3) is 0.500. The zero-order valence-corrected chi connectivity index (χ0v) is 15.1. The molecule has 0 saturated heterocycles. The molecule has 0 spiro atoms. The van der Waals surface area contributed by atoms with E-state index in [1.807, 2.05) is 25.1 Å². The van der Waals surface area contributed by atoms with E-state index in [4.69, 9.17) is 0 Å². The first-order valence-electron chi connectivity index (χ1n) is 6.78. The molecule has 0 fully saturated rings. The van der Waals surface area contributed by atoms with Gasteiger partial charge in [0.25, 0.3) is 0 Å². The topological polar surface area (TPSA) is 42.6 Å². The van der Waals surface area contributed by atoms with Gasteiger partial charge in [-0.1, -0.05) is 19.9 Å². The second-order valence-corrected chi connectivity index (χ2v) is 4.69. The molecule has 0 bridgehead atoms. The Labute approximate surface area is 145 Å². The van der Waals surface area contributed by atoms with Crippen molar-refractivity contribution in [1.82, 2.24) is 9.88 Å². The third kappa shape index (κ3) is 8.49. The normalized spacial score (nSPS) is 10.9. The predicted octanol–water partition coefficient (Wildman–Crippen LogP) is 3.35. The van der Waals surface area contributed by atoms with Crippen molar-refractivity contribution in [2.24, 2.45) is 5.10 Å². The van der Waals surface area contributed by atoms with E-state index in [9.17, 15) is 0 Å². The third-order valence-electron chi connectivity index (χ3n) is 2.59. The molecule has 1 rings (SSSR count). The van der Waals surface area contributed by atoms with Crippen molar-refractivity contribution in [3.05, 3.63) is 35.5 Å². The van der Waals surface area contributed by atoms with Gasteiger partial charge in [-0.05, 0) is 31.9 Å². The number of pyridine rings is 1. The van der Waals surface area contributed by atoms with Crippen LogP contribution in [0.3, 0.4) is 0 Å².